The molecule has 1 atom stereocenters. The number of carbonyl (C=O) groups excluding carboxylic acids is 1. The van der Waals surface area contributed by atoms with Crippen LogP contribution in [-0.4, -0.2) is 12.5 Å². The van der Waals surface area contributed by atoms with Crippen molar-refractivity contribution in [1.29, 1.82) is 0 Å². The van der Waals surface area contributed by atoms with Gasteiger partial charge in [-0.15, -0.1) is 0 Å². The zero-order valence-electron chi connectivity index (χ0n) is 8.60. The first-order valence-electron chi connectivity index (χ1n) is 5.40. The third-order valence-electron chi connectivity index (χ3n) is 2.23. The van der Waals surface area contributed by atoms with Crippen molar-refractivity contribution >= 4 is 6.29 Å². The third-order valence-corrected chi connectivity index (χ3v) is 2.23. The van der Waals surface area contributed by atoms with Crippen LogP contribution in [0.15, 0.2) is 0 Å². The molecule has 1 nitrogen and oxygen atoms in total. The van der Waals surface area contributed by atoms with Gasteiger partial charge in [-0.25, -0.2) is 4.39 Å². The molecule has 0 rings (SSSR count). The first kappa shape index (κ1) is 12.6. The van der Waals surface area contributed by atoms with E-state index in [1.165, 1.54) is 32.1 Å². The Kier molecular flexibility index (Phi) is 9.39. The van der Waals surface area contributed by atoms with E-state index in [0.717, 1.165) is 12.8 Å². The van der Waals surface area contributed by atoms with Crippen LogP contribution in [0.2, 0.25) is 0 Å². The molecule has 0 aliphatic rings. The Morgan fingerprint density at radius 2 is 1.62 bits per heavy atom. The van der Waals surface area contributed by atoms with Crippen LogP contribution < -0.4 is 0 Å². The minimum absolute atomic E-state index is 0.400. The van der Waals surface area contributed by atoms with Gasteiger partial charge in [0.25, 0.3) is 0 Å². The summed E-state index contributed by atoms with van der Waals surface area (Å²) in [6.45, 7) is 2.19. The second kappa shape index (κ2) is 9.69. The number of hydrogen-bond donors (Lipinski definition) is 0. The predicted octanol–water partition coefficient (Wildman–Crippen LogP) is 3.66. The van der Waals surface area contributed by atoms with E-state index in [1.54, 1.807) is 0 Å². The van der Waals surface area contributed by atoms with Crippen molar-refractivity contribution in [3.8, 4) is 0 Å². The quantitative estimate of drug-likeness (QED) is 0.398. The molecule has 0 spiro atoms. The van der Waals surface area contributed by atoms with E-state index in [1.807, 2.05) is 0 Å². The van der Waals surface area contributed by atoms with Gasteiger partial charge in [0.15, 0.2) is 12.5 Å². The van der Waals surface area contributed by atoms with Crippen molar-refractivity contribution < 1.29 is 9.18 Å². The van der Waals surface area contributed by atoms with E-state index in [9.17, 15) is 9.18 Å². The van der Waals surface area contributed by atoms with Crippen molar-refractivity contribution in [3.05, 3.63) is 0 Å². The number of aldehydes is 1. The summed E-state index contributed by atoms with van der Waals surface area (Å²) in [6.07, 6.45) is 7.81. The average Bonchev–Trinajstić information content (AvgIpc) is 2.16. The van der Waals surface area contributed by atoms with Crippen LogP contribution >= 0.6 is 0 Å². The number of alkyl halides is 1. The molecule has 13 heavy (non-hydrogen) atoms. The molecule has 0 aromatic carbocycles. The van der Waals surface area contributed by atoms with Gasteiger partial charge < -0.3 is 4.79 Å². The zero-order valence-corrected chi connectivity index (χ0v) is 8.60. The number of hydrogen-bond acceptors (Lipinski definition) is 1. The highest BCUT2D eigenvalue weighted by atomic mass is 19.1. The molecule has 0 unspecified atom stereocenters. The fourth-order valence-electron chi connectivity index (χ4n) is 1.36. The molecule has 0 N–H and O–H groups in total. The summed E-state index contributed by atoms with van der Waals surface area (Å²) in [5, 5.41) is 0. The summed E-state index contributed by atoms with van der Waals surface area (Å²) in [6, 6.07) is 0. The van der Waals surface area contributed by atoms with E-state index >= 15 is 0 Å². The van der Waals surface area contributed by atoms with Gasteiger partial charge in [0, 0.05) is 0 Å². The van der Waals surface area contributed by atoms with Gasteiger partial charge in [-0.05, 0) is 6.42 Å². The summed E-state index contributed by atoms with van der Waals surface area (Å²) in [5.41, 5.74) is 0. The summed E-state index contributed by atoms with van der Waals surface area (Å²) < 4.78 is 12.4. The molecule has 0 heterocycles. The Morgan fingerprint density at radius 1 is 1.08 bits per heavy atom. The van der Waals surface area contributed by atoms with Crippen LogP contribution in [-0.2, 0) is 4.79 Å². The lowest BCUT2D eigenvalue weighted by atomic mass is 10.1. The standard InChI is InChI=1S/C11H21FO/c1-2-3-4-5-6-7-8-9-11(12)10-13/h10-11H,2-9H2,1H3/t11-/m1/s1. The average molecular weight is 188 g/mol. The molecule has 0 amide bonds. The van der Waals surface area contributed by atoms with Crippen LogP contribution in [0.5, 0.6) is 0 Å². The van der Waals surface area contributed by atoms with Gasteiger partial charge >= 0.3 is 0 Å². The molecule has 0 saturated heterocycles. The van der Waals surface area contributed by atoms with E-state index < -0.39 is 6.17 Å². The van der Waals surface area contributed by atoms with Gasteiger partial charge in [-0.1, -0.05) is 51.9 Å². The Bertz CT molecular complexity index is 115. The maximum atomic E-state index is 12.4. The van der Waals surface area contributed by atoms with E-state index in [4.69, 9.17) is 0 Å². The molecular formula is C11H21FO. The van der Waals surface area contributed by atoms with Gasteiger partial charge in [0.1, 0.15) is 0 Å². The topological polar surface area (TPSA) is 17.1 Å². The molecule has 2 heteroatoms. The van der Waals surface area contributed by atoms with Crippen LogP contribution in [0.1, 0.15) is 58.3 Å². The second-order valence-corrected chi connectivity index (χ2v) is 3.56. The maximum Gasteiger partial charge on any atom is 0.155 e. The fraction of sp³-hybridized carbons (Fsp3) is 0.909. The van der Waals surface area contributed by atoms with Gasteiger partial charge in [-0.2, -0.15) is 0 Å². The second-order valence-electron chi connectivity index (χ2n) is 3.56. The van der Waals surface area contributed by atoms with Crippen LogP contribution in [0.4, 0.5) is 4.39 Å². The van der Waals surface area contributed by atoms with Crippen molar-refractivity contribution in [1.82, 2.24) is 0 Å². The first-order chi connectivity index (χ1) is 6.31. The lowest BCUT2D eigenvalue weighted by molar-refractivity contribution is -0.112. The summed E-state index contributed by atoms with van der Waals surface area (Å²) >= 11 is 0. The van der Waals surface area contributed by atoms with E-state index in [2.05, 4.69) is 6.92 Å². The molecule has 0 bridgehead atoms. The smallest absolute Gasteiger partial charge is 0.155 e. The Hall–Kier alpha value is -0.400. The highest BCUT2D eigenvalue weighted by Crippen LogP contribution is 2.09. The normalized spacial score (nSPS) is 12.8. The van der Waals surface area contributed by atoms with Gasteiger partial charge in [0.2, 0.25) is 0 Å². The van der Waals surface area contributed by atoms with Gasteiger partial charge in [0.05, 0.1) is 0 Å². The first-order valence-corrected chi connectivity index (χ1v) is 5.40. The number of unbranched alkanes of at least 4 members (excludes halogenated alkanes) is 6. The summed E-state index contributed by atoms with van der Waals surface area (Å²) in [7, 11) is 0. The van der Waals surface area contributed by atoms with Crippen molar-refractivity contribution in [3.63, 3.8) is 0 Å². The van der Waals surface area contributed by atoms with E-state index in [0.29, 0.717) is 12.7 Å². The highest BCUT2D eigenvalue weighted by molar-refractivity contribution is 5.55. The molecule has 0 aromatic rings. The van der Waals surface area contributed by atoms with Crippen LogP contribution in [0, 0.1) is 0 Å². The molecule has 0 radical (unpaired) electrons. The maximum absolute atomic E-state index is 12.4. The molecule has 0 aliphatic heterocycles. The minimum Gasteiger partial charge on any atom is -0.300 e. The minimum atomic E-state index is -1.23. The summed E-state index contributed by atoms with van der Waals surface area (Å²) in [4.78, 5) is 9.93. The third kappa shape index (κ3) is 9.51. The van der Waals surface area contributed by atoms with Crippen LogP contribution in [0.25, 0.3) is 0 Å². The Labute approximate surface area is 80.7 Å². The van der Waals surface area contributed by atoms with Crippen molar-refractivity contribution in [2.24, 2.45) is 0 Å². The largest absolute Gasteiger partial charge is 0.300 e. The molecule has 0 aliphatic carbocycles. The summed E-state index contributed by atoms with van der Waals surface area (Å²) in [5.74, 6) is 0. The number of carbonyl (C=O) groups is 1. The molecule has 0 aromatic heterocycles. The molecule has 78 valence electrons. The molecular weight excluding hydrogens is 167 g/mol. The number of rotatable bonds is 9. The lowest BCUT2D eigenvalue weighted by Gasteiger charge is -2.01. The Balaban J connectivity index is 2.95. The van der Waals surface area contributed by atoms with E-state index in [-0.39, 0.29) is 0 Å². The van der Waals surface area contributed by atoms with Gasteiger partial charge in [-0.3, -0.25) is 0 Å². The monoisotopic (exact) mass is 188 g/mol. The zero-order chi connectivity index (χ0) is 9.94. The van der Waals surface area contributed by atoms with Crippen molar-refractivity contribution in [2.75, 3.05) is 0 Å². The SMILES string of the molecule is CCCCCCCCC[C@@H](F)C=O. The van der Waals surface area contributed by atoms with Crippen molar-refractivity contribution in [2.45, 2.75) is 64.5 Å². The fourth-order valence-corrected chi connectivity index (χ4v) is 1.36. The molecule has 0 fully saturated rings. The number of halogens is 1. The predicted molar refractivity (Wildman–Crippen MR) is 53.6 cm³/mol. The lowest BCUT2D eigenvalue weighted by Crippen LogP contribution is -2.00. The van der Waals surface area contributed by atoms with Crippen LogP contribution in [0.3, 0.4) is 0 Å². The highest BCUT2D eigenvalue weighted by Gasteiger charge is 2.02. The molecule has 0 saturated carbocycles. The Morgan fingerprint density at radius 3 is 2.15 bits per heavy atom.